The van der Waals surface area contributed by atoms with Crippen molar-refractivity contribution in [2.75, 3.05) is 21.3 Å². The van der Waals surface area contributed by atoms with Gasteiger partial charge in [-0.2, -0.15) is 0 Å². The summed E-state index contributed by atoms with van der Waals surface area (Å²) in [6, 6.07) is 20.5. The van der Waals surface area contributed by atoms with Gasteiger partial charge in [-0.1, -0.05) is 12.1 Å². The number of ether oxygens (including phenoxy) is 3. The third-order valence-corrected chi connectivity index (χ3v) is 4.99. The zero-order valence-corrected chi connectivity index (χ0v) is 16.5. The lowest BCUT2D eigenvalue weighted by Crippen LogP contribution is -2.01. The Morgan fingerprint density at radius 3 is 1.86 bits per heavy atom. The van der Waals surface area contributed by atoms with Gasteiger partial charge in [0.05, 0.1) is 21.3 Å². The molecule has 0 saturated carbocycles. The molecule has 0 fully saturated rings. The molecule has 5 heteroatoms. The zero-order valence-electron chi connectivity index (χ0n) is 16.5. The van der Waals surface area contributed by atoms with Gasteiger partial charge in [0.1, 0.15) is 34.7 Å². The smallest absolute Gasteiger partial charge is 0.141 e. The van der Waals surface area contributed by atoms with Gasteiger partial charge in [0.15, 0.2) is 0 Å². The van der Waals surface area contributed by atoms with Crippen molar-refractivity contribution >= 4 is 11.0 Å². The molecule has 1 aromatic heterocycles. The molecule has 4 rings (SSSR count). The largest absolute Gasteiger partial charge is 0.497 e. The van der Waals surface area contributed by atoms with Crippen LogP contribution < -0.4 is 14.2 Å². The van der Waals surface area contributed by atoms with Crippen molar-refractivity contribution in [1.29, 1.82) is 0 Å². The monoisotopic (exact) mass is 390 g/mol. The molecular weight excluding hydrogens is 368 g/mol. The van der Waals surface area contributed by atoms with Crippen molar-refractivity contribution in [3.8, 4) is 28.6 Å². The normalized spacial score (nSPS) is 12.0. The Morgan fingerprint density at radius 1 is 0.724 bits per heavy atom. The highest BCUT2D eigenvalue weighted by atomic mass is 16.5. The molecule has 0 aliphatic carbocycles. The molecule has 0 saturated heterocycles. The van der Waals surface area contributed by atoms with E-state index in [2.05, 4.69) is 0 Å². The van der Waals surface area contributed by atoms with Crippen molar-refractivity contribution in [1.82, 2.24) is 0 Å². The number of aliphatic hydroxyl groups is 1. The lowest BCUT2D eigenvalue weighted by Gasteiger charge is -2.13. The van der Waals surface area contributed by atoms with Crippen molar-refractivity contribution in [2.45, 2.75) is 6.10 Å². The Morgan fingerprint density at radius 2 is 1.28 bits per heavy atom. The summed E-state index contributed by atoms with van der Waals surface area (Å²) in [7, 11) is 4.85. The molecule has 0 aliphatic rings. The molecule has 0 spiro atoms. The molecule has 1 heterocycles. The number of hydrogen-bond acceptors (Lipinski definition) is 5. The maximum absolute atomic E-state index is 11.3. The average molecular weight is 390 g/mol. The lowest BCUT2D eigenvalue weighted by atomic mass is 9.96. The second kappa shape index (κ2) is 7.89. The minimum atomic E-state index is -0.868. The zero-order chi connectivity index (χ0) is 20.4. The second-order valence-electron chi connectivity index (χ2n) is 6.61. The number of benzene rings is 3. The maximum atomic E-state index is 11.3. The standard InChI is InChI=1S/C24H22O5/c1-26-17-8-4-15(5-9-17)23(25)22-20-13-12-19(28-3)14-21(20)29-24(22)16-6-10-18(27-2)11-7-16/h4-14,23,25H,1-3H3. The third kappa shape index (κ3) is 3.52. The number of hydrogen-bond donors (Lipinski definition) is 1. The van der Waals surface area contributed by atoms with Crippen LogP contribution in [0.1, 0.15) is 17.2 Å². The number of fused-ring (bicyclic) bond motifs is 1. The molecule has 0 radical (unpaired) electrons. The van der Waals surface area contributed by atoms with E-state index >= 15 is 0 Å². The van der Waals surface area contributed by atoms with Crippen LogP contribution in [-0.4, -0.2) is 26.4 Å². The number of furan rings is 1. The molecule has 1 N–H and O–H groups in total. The molecule has 1 unspecified atom stereocenters. The van der Waals surface area contributed by atoms with Crippen molar-refractivity contribution < 1.29 is 23.7 Å². The summed E-state index contributed by atoms with van der Waals surface area (Å²) in [6.45, 7) is 0. The van der Waals surface area contributed by atoms with Gasteiger partial charge in [0.25, 0.3) is 0 Å². The van der Waals surface area contributed by atoms with Crippen LogP contribution in [-0.2, 0) is 0 Å². The fraction of sp³-hybridized carbons (Fsp3) is 0.167. The molecule has 1 atom stereocenters. The summed E-state index contributed by atoms with van der Waals surface area (Å²) in [5.74, 6) is 2.79. The highest BCUT2D eigenvalue weighted by Crippen LogP contribution is 2.41. The minimum absolute atomic E-state index is 0.610. The van der Waals surface area contributed by atoms with Gasteiger partial charge in [-0.25, -0.2) is 0 Å². The van der Waals surface area contributed by atoms with E-state index < -0.39 is 6.10 Å². The predicted molar refractivity (Wildman–Crippen MR) is 112 cm³/mol. The first-order valence-electron chi connectivity index (χ1n) is 9.21. The van der Waals surface area contributed by atoms with Crippen LogP contribution in [0.5, 0.6) is 17.2 Å². The summed E-state index contributed by atoms with van der Waals surface area (Å²) < 4.78 is 22.0. The van der Waals surface area contributed by atoms with E-state index in [0.717, 1.165) is 28.0 Å². The fourth-order valence-corrected chi connectivity index (χ4v) is 3.40. The van der Waals surface area contributed by atoms with Crippen LogP contribution in [0.3, 0.4) is 0 Å². The van der Waals surface area contributed by atoms with Gasteiger partial charge >= 0.3 is 0 Å². The molecule has 5 nitrogen and oxygen atoms in total. The van der Waals surface area contributed by atoms with E-state index in [1.54, 1.807) is 21.3 Å². The van der Waals surface area contributed by atoms with Gasteiger partial charge in [0, 0.05) is 22.6 Å². The summed E-state index contributed by atoms with van der Waals surface area (Å²) in [4.78, 5) is 0. The van der Waals surface area contributed by atoms with Gasteiger partial charge < -0.3 is 23.7 Å². The van der Waals surface area contributed by atoms with Gasteiger partial charge in [0.2, 0.25) is 0 Å². The molecular formula is C24H22O5. The van der Waals surface area contributed by atoms with Crippen LogP contribution in [0.4, 0.5) is 0 Å². The lowest BCUT2D eigenvalue weighted by molar-refractivity contribution is 0.221. The van der Waals surface area contributed by atoms with Crippen LogP contribution in [0.15, 0.2) is 71.1 Å². The Kier molecular flexibility index (Phi) is 5.14. The Balaban J connectivity index is 1.88. The van der Waals surface area contributed by atoms with Crippen molar-refractivity contribution in [3.05, 3.63) is 77.9 Å². The summed E-state index contributed by atoms with van der Waals surface area (Å²) in [5.41, 5.74) is 2.96. The van der Waals surface area contributed by atoms with E-state index in [9.17, 15) is 5.11 Å². The average Bonchev–Trinajstić information content (AvgIpc) is 3.17. The Labute approximate surface area is 169 Å². The quantitative estimate of drug-likeness (QED) is 0.490. The van der Waals surface area contributed by atoms with Crippen molar-refractivity contribution in [3.63, 3.8) is 0 Å². The maximum Gasteiger partial charge on any atom is 0.141 e. The number of methoxy groups -OCH3 is 3. The van der Waals surface area contributed by atoms with Gasteiger partial charge in [-0.05, 0) is 54.1 Å². The third-order valence-electron chi connectivity index (χ3n) is 4.99. The Hall–Kier alpha value is -3.44. The molecule has 3 aromatic carbocycles. The first kappa shape index (κ1) is 18.9. The van der Waals surface area contributed by atoms with Crippen LogP contribution in [0.2, 0.25) is 0 Å². The predicted octanol–water partition coefficient (Wildman–Crippen LogP) is 5.21. The van der Waals surface area contributed by atoms with Gasteiger partial charge in [-0.15, -0.1) is 0 Å². The fourth-order valence-electron chi connectivity index (χ4n) is 3.40. The number of aliphatic hydroxyl groups excluding tert-OH is 1. The summed E-state index contributed by atoms with van der Waals surface area (Å²) in [6.07, 6.45) is -0.868. The number of rotatable bonds is 6. The van der Waals surface area contributed by atoms with Crippen LogP contribution in [0.25, 0.3) is 22.3 Å². The Bertz CT molecular complexity index is 1110. The molecule has 0 amide bonds. The van der Waals surface area contributed by atoms with E-state index in [4.69, 9.17) is 18.6 Å². The van der Waals surface area contributed by atoms with E-state index in [1.165, 1.54) is 0 Å². The topological polar surface area (TPSA) is 61.1 Å². The van der Waals surface area contributed by atoms with Crippen LogP contribution >= 0.6 is 0 Å². The van der Waals surface area contributed by atoms with Crippen molar-refractivity contribution in [2.24, 2.45) is 0 Å². The van der Waals surface area contributed by atoms with E-state index in [0.29, 0.717) is 22.7 Å². The van der Waals surface area contributed by atoms with E-state index in [-0.39, 0.29) is 0 Å². The first-order valence-corrected chi connectivity index (χ1v) is 9.21. The second-order valence-corrected chi connectivity index (χ2v) is 6.61. The minimum Gasteiger partial charge on any atom is -0.497 e. The first-order chi connectivity index (χ1) is 14.1. The highest BCUT2D eigenvalue weighted by Gasteiger charge is 2.24. The molecule has 0 aliphatic heterocycles. The molecule has 0 bridgehead atoms. The molecule has 148 valence electrons. The summed E-state index contributed by atoms with van der Waals surface area (Å²) in [5, 5.41) is 12.1. The summed E-state index contributed by atoms with van der Waals surface area (Å²) >= 11 is 0. The van der Waals surface area contributed by atoms with Crippen LogP contribution in [0, 0.1) is 0 Å². The molecule has 29 heavy (non-hydrogen) atoms. The molecule has 4 aromatic rings. The SMILES string of the molecule is COc1ccc(-c2oc3cc(OC)ccc3c2C(O)c2ccc(OC)cc2)cc1. The highest BCUT2D eigenvalue weighted by molar-refractivity contribution is 5.90. The van der Waals surface area contributed by atoms with E-state index in [1.807, 2.05) is 66.7 Å². The van der Waals surface area contributed by atoms with Gasteiger partial charge in [-0.3, -0.25) is 0 Å².